The van der Waals surface area contributed by atoms with Crippen molar-refractivity contribution in [1.82, 2.24) is 14.7 Å². The van der Waals surface area contributed by atoms with Crippen molar-refractivity contribution >= 4 is 15.7 Å². The Morgan fingerprint density at radius 1 is 0.917 bits per heavy atom. The fourth-order valence-electron chi connectivity index (χ4n) is 4.02. The van der Waals surface area contributed by atoms with Crippen molar-refractivity contribution in [2.24, 2.45) is 0 Å². The minimum absolute atomic E-state index is 0.0564. The number of amides is 1. The van der Waals surface area contributed by atoms with Crippen LogP contribution in [0.3, 0.4) is 0 Å². The van der Waals surface area contributed by atoms with Crippen molar-refractivity contribution in [3.05, 3.63) is 0 Å². The molecule has 3 rings (SSSR count). The molecule has 0 radical (unpaired) electrons. The average Bonchev–Trinajstić information content (AvgIpc) is 2.73. The Morgan fingerprint density at radius 3 is 2.08 bits per heavy atom. The second-order valence-electron chi connectivity index (χ2n) is 7.32. The van der Waals surface area contributed by atoms with Gasteiger partial charge in [0.1, 0.15) is 0 Å². The molecule has 3 fully saturated rings. The fourth-order valence-corrected chi connectivity index (χ4v) is 5.86. The number of hydrogen-bond acceptors (Lipinski definition) is 6. The van der Waals surface area contributed by atoms with Crippen molar-refractivity contribution in [3.8, 4) is 0 Å². The van der Waals surface area contributed by atoms with Gasteiger partial charge in [0, 0.05) is 39.3 Å². The molecule has 0 aliphatic carbocycles. The second kappa shape index (κ2) is 7.68. The Kier molecular flexibility index (Phi) is 5.79. The van der Waals surface area contributed by atoms with Gasteiger partial charge in [0.05, 0.1) is 30.2 Å². The van der Waals surface area contributed by atoms with E-state index in [4.69, 9.17) is 0 Å². The van der Waals surface area contributed by atoms with E-state index in [-0.39, 0.29) is 23.5 Å². The number of piperazine rings is 1. The summed E-state index contributed by atoms with van der Waals surface area (Å²) >= 11 is 0. The van der Waals surface area contributed by atoms with Crippen LogP contribution in [0.1, 0.15) is 25.7 Å². The molecule has 1 amide bonds. The van der Waals surface area contributed by atoms with E-state index in [1.54, 1.807) is 0 Å². The van der Waals surface area contributed by atoms with Gasteiger partial charge in [-0.3, -0.25) is 14.6 Å². The van der Waals surface area contributed by atoms with Crippen LogP contribution < -0.4 is 0 Å². The van der Waals surface area contributed by atoms with Crippen molar-refractivity contribution in [3.63, 3.8) is 0 Å². The quantitative estimate of drug-likeness (QED) is 0.708. The molecule has 3 aliphatic rings. The molecule has 0 aromatic carbocycles. The summed E-state index contributed by atoms with van der Waals surface area (Å²) < 4.78 is 23.3. The van der Waals surface area contributed by atoms with E-state index in [0.29, 0.717) is 19.6 Å². The first kappa shape index (κ1) is 18.1. The number of hydrogen-bond donors (Lipinski definition) is 1. The molecule has 3 aliphatic heterocycles. The lowest BCUT2D eigenvalue weighted by atomic mass is 10.1. The highest BCUT2D eigenvalue weighted by Gasteiger charge is 2.40. The Hall–Kier alpha value is -0.700. The number of nitrogens with zero attached hydrogens (tertiary/aromatic N) is 3. The molecule has 138 valence electrons. The Morgan fingerprint density at radius 2 is 1.54 bits per heavy atom. The number of aliphatic hydroxyl groups excluding tert-OH is 1. The highest BCUT2D eigenvalue weighted by molar-refractivity contribution is 7.91. The first-order chi connectivity index (χ1) is 11.4. The first-order valence-corrected chi connectivity index (χ1v) is 10.9. The van der Waals surface area contributed by atoms with E-state index >= 15 is 0 Å². The molecule has 1 N–H and O–H groups in total. The van der Waals surface area contributed by atoms with Crippen molar-refractivity contribution in [1.29, 1.82) is 0 Å². The summed E-state index contributed by atoms with van der Waals surface area (Å²) in [6, 6.07) is -0.279. The lowest BCUT2D eigenvalue weighted by molar-refractivity contribution is -0.133. The Labute approximate surface area is 144 Å². The summed E-state index contributed by atoms with van der Waals surface area (Å²) in [6.45, 7) is 5.15. The van der Waals surface area contributed by atoms with Gasteiger partial charge in [0.15, 0.2) is 9.84 Å². The number of rotatable bonds is 3. The van der Waals surface area contributed by atoms with E-state index in [2.05, 4.69) is 9.80 Å². The van der Waals surface area contributed by atoms with Crippen LogP contribution in [0.25, 0.3) is 0 Å². The zero-order chi connectivity index (χ0) is 17.2. The lowest BCUT2D eigenvalue weighted by Crippen LogP contribution is -2.55. The van der Waals surface area contributed by atoms with Crippen LogP contribution in [0.5, 0.6) is 0 Å². The minimum Gasteiger partial charge on any atom is -0.390 e. The molecule has 7 nitrogen and oxygen atoms in total. The van der Waals surface area contributed by atoms with Crippen LogP contribution in [-0.4, -0.2) is 104 Å². The van der Waals surface area contributed by atoms with Gasteiger partial charge in [-0.05, 0) is 12.8 Å². The van der Waals surface area contributed by atoms with Gasteiger partial charge in [0.2, 0.25) is 5.91 Å². The summed E-state index contributed by atoms with van der Waals surface area (Å²) in [4.78, 5) is 18.7. The third-order valence-corrected chi connectivity index (χ3v) is 7.19. The largest absolute Gasteiger partial charge is 0.390 e. The monoisotopic (exact) mass is 359 g/mol. The number of carbonyl (C=O) groups is 1. The Balaban J connectivity index is 1.46. The maximum atomic E-state index is 12.4. The molecule has 0 unspecified atom stereocenters. The van der Waals surface area contributed by atoms with E-state index in [0.717, 1.165) is 39.0 Å². The molecule has 3 saturated heterocycles. The summed E-state index contributed by atoms with van der Waals surface area (Å²) in [5, 5.41) is 9.99. The predicted octanol–water partition coefficient (Wildman–Crippen LogP) is -0.835. The van der Waals surface area contributed by atoms with E-state index in [1.807, 2.05) is 4.90 Å². The second-order valence-corrected chi connectivity index (χ2v) is 9.47. The summed E-state index contributed by atoms with van der Waals surface area (Å²) in [5.74, 6) is 0.153. The van der Waals surface area contributed by atoms with E-state index in [1.165, 1.54) is 12.8 Å². The predicted molar refractivity (Wildman–Crippen MR) is 91.5 cm³/mol. The summed E-state index contributed by atoms with van der Waals surface area (Å²) in [5.41, 5.74) is 0. The van der Waals surface area contributed by atoms with Crippen LogP contribution in [0, 0.1) is 0 Å². The molecule has 24 heavy (non-hydrogen) atoms. The highest BCUT2D eigenvalue weighted by Crippen LogP contribution is 2.20. The zero-order valence-electron chi connectivity index (χ0n) is 14.3. The van der Waals surface area contributed by atoms with Crippen LogP contribution >= 0.6 is 0 Å². The standard InChI is InChI=1S/C16H29N3O4S/c20-15-13-24(22,23)12-14(15)18-9-7-17(8-10-18)11-16(21)19-5-3-1-2-4-6-19/h14-15,20H,1-13H2/t14-,15+/m0/s1. The van der Waals surface area contributed by atoms with Gasteiger partial charge >= 0.3 is 0 Å². The normalized spacial score (nSPS) is 32.6. The molecule has 8 heteroatoms. The zero-order valence-corrected chi connectivity index (χ0v) is 15.1. The molecule has 0 aromatic heterocycles. The molecule has 0 spiro atoms. The number of carbonyl (C=O) groups excluding carboxylic acids is 1. The van der Waals surface area contributed by atoms with Gasteiger partial charge in [0.25, 0.3) is 0 Å². The number of likely N-dealkylation sites (tertiary alicyclic amines) is 1. The SMILES string of the molecule is O=C(CN1CCN([C@H]2CS(=O)(=O)C[C@H]2O)CC1)N1CCCCCC1. The Bertz CT molecular complexity index is 538. The van der Waals surface area contributed by atoms with Gasteiger partial charge in [-0.1, -0.05) is 12.8 Å². The van der Waals surface area contributed by atoms with Crippen molar-refractivity contribution < 1.29 is 18.3 Å². The summed E-state index contributed by atoms with van der Waals surface area (Å²) in [7, 11) is -3.11. The topological polar surface area (TPSA) is 81.2 Å². The van der Waals surface area contributed by atoms with Gasteiger partial charge in [-0.25, -0.2) is 8.42 Å². The van der Waals surface area contributed by atoms with Crippen molar-refractivity contribution in [2.75, 3.05) is 57.3 Å². The molecule has 0 saturated carbocycles. The van der Waals surface area contributed by atoms with Crippen molar-refractivity contribution in [2.45, 2.75) is 37.8 Å². The summed E-state index contributed by atoms with van der Waals surface area (Å²) in [6.07, 6.45) is 3.87. The van der Waals surface area contributed by atoms with E-state index < -0.39 is 15.9 Å². The maximum absolute atomic E-state index is 12.4. The van der Waals surface area contributed by atoms with Crippen LogP contribution in [0.2, 0.25) is 0 Å². The lowest BCUT2D eigenvalue weighted by Gasteiger charge is -2.38. The molecular formula is C16H29N3O4S. The van der Waals surface area contributed by atoms with Gasteiger partial charge in [-0.15, -0.1) is 0 Å². The molecule has 0 bridgehead atoms. The number of sulfone groups is 1. The first-order valence-electron chi connectivity index (χ1n) is 9.07. The van der Waals surface area contributed by atoms with Crippen LogP contribution in [0.15, 0.2) is 0 Å². The molecule has 3 heterocycles. The molecular weight excluding hydrogens is 330 g/mol. The van der Waals surface area contributed by atoms with E-state index in [9.17, 15) is 18.3 Å². The minimum atomic E-state index is -3.11. The molecule has 0 aromatic rings. The fraction of sp³-hybridized carbons (Fsp3) is 0.938. The maximum Gasteiger partial charge on any atom is 0.236 e. The highest BCUT2D eigenvalue weighted by atomic mass is 32.2. The van der Waals surface area contributed by atoms with Crippen LogP contribution in [0.4, 0.5) is 0 Å². The third-order valence-electron chi connectivity index (χ3n) is 5.49. The van der Waals surface area contributed by atoms with Gasteiger partial charge < -0.3 is 10.0 Å². The smallest absolute Gasteiger partial charge is 0.236 e. The third kappa shape index (κ3) is 4.47. The van der Waals surface area contributed by atoms with Crippen LogP contribution in [-0.2, 0) is 14.6 Å². The number of aliphatic hydroxyl groups is 1. The average molecular weight is 359 g/mol. The molecule has 2 atom stereocenters. The van der Waals surface area contributed by atoms with Gasteiger partial charge in [-0.2, -0.15) is 0 Å².